The van der Waals surface area contributed by atoms with Crippen LogP contribution in [0.2, 0.25) is 0 Å². The number of likely N-dealkylation sites (N-methyl/N-ethyl adjacent to an activating group) is 1. The Balaban J connectivity index is 2.29. The summed E-state index contributed by atoms with van der Waals surface area (Å²) in [6.07, 6.45) is 2.37. The molecule has 0 aromatic heterocycles. The highest BCUT2D eigenvalue weighted by Crippen LogP contribution is 2.15. The second-order valence-electron chi connectivity index (χ2n) is 4.81. The first kappa shape index (κ1) is 12.4. The molecule has 0 radical (unpaired) electrons. The molecule has 0 amide bonds. The van der Waals surface area contributed by atoms with Crippen molar-refractivity contribution >= 4 is 0 Å². The predicted molar refractivity (Wildman–Crippen MR) is 59.2 cm³/mol. The van der Waals surface area contributed by atoms with Crippen molar-refractivity contribution in [1.82, 2.24) is 4.90 Å². The Morgan fingerprint density at radius 3 is 2.93 bits per heavy atom. The molecule has 1 rings (SSSR count). The first-order valence-electron chi connectivity index (χ1n) is 5.50. The molecular weight excluding hydrogens is 190 g/mol. The van der Waals surface area contributed by atoms with Crippen LogP contribution in [0.3, 0.4) is 0 Å². The van der Waals surface area contributed by atoms with E-state index in [1.165, 1.54) is 6.42 Å². The van der Waals surface area contributed by atoms with Crippen LogP contribution in [0.25, 0.3) is 0 Å². The number of hydrogen-bond donors (Lipinski definition) is 1. The fraction of sp³-hybridized carbons (Fsp3) is 0.909. The van der Waals surface area contributed by atoms with Crippen LogP contribution in [0.15, 0.2) is 0 Å². The molecule has 1 heterocycles. The van der Waals surface area contributed by atoms with Crippen LogP contribution in [0.1, 0.15) is 19.8 Å². The summed E-state index contributed by atoms with van der Waals surface area (Å²) < 4.78 is 5.42. The highest BCUT2D eigenvalue weighted by Gasteiger charge is 2.22. The third kappa shape index (κ3) is 4.61. The number of nitrogens with zero attached hydrogens (tertiary/aromatic N) is 2. The Kier molecular flexibility index (Phi) is 4.52. The van der Waals surface area contributed by atoms with E-state index in [1.807, 2.05) is 7.05 Å². The summed E-state index contributed by atoms with van der Waals surface area (Å²) in [4.78, 5) is 2.13. The zero-order valence-corrected chi connectivity index (χ0v) is 9.70. The molecular formula is C11H21N3O. The molecule has 2 N–H and O–H groups in total. The molecule has 1 aliphatic heterocycles. The Labute approximate surface area is 92.0 Å². The number of rotatable bonds is 4. The van der Waals surface area contributed by atoms with E-state index in [0.29, 0.717) is 12.5 Å². The van der Waals surface area contributed by atoms with E-state index in [2.05, 4.69) is 11.0 Å². The third-order valence-electron chi connectivity index (χ3n) is 2.68. The molecule has 1 aliphatic rings. The monoisotopic (exact) mass is 211 g/mol. The minimum Gasteiger partial charge on any atom is -0.381 e. The van der Waals surface area contributed by atoms with Crippen molar-refractivity contribution in [3.63, 3.8) is 0 Å². The Hall–Kier alpha value is -0.630. The van der Waals surface area contributed by atoms with Crippen LogP contribution < -0.4 is 5.73 Å². The van der Waals surface area contributed by atoms with Gasteiger partial charge in [0.2, 0.25) is 0 Å². The van der Waals surface area contributed by atoms with Crippen LogP contribution in [0.5, 0.6) is 0 Å². The molecule has 0 spiro atoms. The van der Waals surface area contributed by atoms with Crippen molar-refractivity contribution in [1.29, 1.82) is 5.26 Å². The average Bonchev–Trinajstić information content (AvgIpc) is 2.18. The molecule has 0 aliphatic carbocycles. The van der Waals surface area contributed by atoms with Crippen molar-refractivity contribution in [3.8, 4) is 6.07 Å². The van der Waals surface area contributed by atoms with Gasteiger partial charge in [0.25, 0.3) is 0 Å². The topological polar surface area (TPSA) is 62.3 Å². The van der Waals surface area contributed by atoms with Crippen LogP contribution in [-0.4, -0.2) is 43.8 Å². The van der Waals surface area contributed by atoms with E-state index in [1.54, 1.807) is 6.92 Å². The molecule has 4 nitrogen and oxygen atoms in total. The van der Waals surface area contributed by atoms with E-state index in [-0.39, 0.29) is 0 Å². The summed E-state index contributed by atoms with van der Waals surface area (Å²) in [6.45, 7) is 5.08. The second-order valence-corrected chi connectivity index (χ2v) is 4.81. The van der Waals surface area contributed by atoms with Gasteiger partial charge in [-0.2, -0.15) is 5.26 Å². The second kappa shape index (κ2) is 5.45. The maximum Gasteiger partial charge on any atom is 0.114 e. The molecule has 0 aromatic carbocycles. The summed E-state index contributed by atoms with van der Waals surface area (Å²) in [5, 5.41) is 8.82. The zero-order valence-electron chi connectivity index (χ0n) is 9.70. The molecule has 86 valence electrons. The highest BCUT2D eigenvalue weighted by molar-refractivity contribution is 5.02. The van der Waals surface area contributed by atoms with Gasteiger partial charge in [0.05, 0.1) is 12.7 Å². The average molecular weight is 211 g/mol. The highest BCUT2D eigenvalue weighted by atomic mass is 16.5. The number of hydrogen-bond acceptors (Lipinski definition) is 4. The van der Waals surface area contributed by atoms with Crippen molar-refractivity contribution in [2.75, 3.05) is 33.4 Å². The van der Waals surface area contributed by atoms with Gasteiger partial charge in [0.15, 0.2) is 0 Å². The van der Waals surface area contributed by atoms with Crippen LogP contribution >= 0.6 is 0 Å². The van der Waals surface area contributed by atoms with Gasteiger partial charge < -0.3 is 15.4 Å². The van der Waals surface area contributed by atoms with Gasteiger partial charge in [-0.15, -0.1) is 0 Å². The van der Waals surface area contributed by atoms with E-state index >= 15 is 0 Å². The van der Waals surface area contributed by atoms with Crippen molar-refractivity contribution in [3.05, 3.63) is 0 Å². The van der Waals surface area contributed by atoms with Crippen molar-refractivity contribution < 1.29 is 4.74 Å². The first-order valence-corrected chi connectivity index (χ1v) is 5.50. The van der Waals surface area contributed by atoms with Gasteiger partial charge in [-0.25, -0.2) is 0 Å². The lowest BCUT2D eigenvalue weighted by Crippen LogP contribution is -2.47. The summed E-state index contributed by atoms with van der Waals surface area (Å²) in [5.74, 6) is 0.596. The summed E-state index contributed by atoms with van der Waals surface area (Å²) in [7, 11) is 2.01. The zero-order chi connectivity index (χ0) is 11.3. The van der Waals surface area contributed by atoms with Crippen molar-refractivity contribution in [2.45, 2.75) is 25.3 Å². The molecule has 0 bridgehead atoms. The minimum atomic E-state index is -0.746. The summed E-state index contributed by atoms with van der Waals surface area (Å²) in [6, 6.07) is 2.11. The SMILES string of the molecule is CN(CC1CCCOC1)CC(C)(N)C#N. The first-order chi connectivity index (χ1) is 7.03. The van der Waals surface area contributed by atoms with Gasteiger partial charge in [0, 0.05) is 19.7 Å². The standard InChI is InChI=1S/C11H21N3O/c1-11(13,8-12)9-14(2)6-10-4-3-5-15-7-10/h10H,3-7,9,13H2,1-2H3. The van der Waals surface area contributed by atoms with Crippen LogP contribution in [0, 0.1) is 17.2 Å². The van der Waals surface area contributed by atoms with Gasteiger partial charge in [-0.3, -0.25) is 0 Å². The van der Waals surface area contributed by atoms with Crippen molar-refractivity contribution in [2.24, 2.45) is 11.7 Å². The minimum absolute atomic E-state index is 0.596. The molecule has 1 fully saturated rings. The maximum absolute atomic E-state index is 8.82. The van der Waals surface area contributed by atoms with Gasteiger partial charge >= 0.3 is 0 Å². The van der Waals surface area contributed by atoms with E-state index < -0.39 is 5.54 Å². The molecule has 2 unspecified atom stereocenters. The van der Waals surface area contributed by atoms with E-state index in [0.717, 1.165) is 26.2 Å². The Morgan fingerprint density at radius 2 is 2.40 bits per heavy atom. The fourth-order valence-electron chi connectivity index (χ4n) is 2.05. The number of nitrogens with two attached hydrogens (primary N) is 1. The lowest BCUT2D eigenvalue weighted by atomic mass is 10.0. The van der Waals surface area contributed by atoms with Crippen LogP contribution in [-0.2, 0) is 4.74 Å². The Bertz CT molecular complexity index is 228. The largest absolute Gasteiger partial charge is 0.381 e. The normalized spacial score (nSPS) is 25.9. The quantitative estimate of drug-likeness (QED) is 0.739. The smallest absolute Gasteiger partial charge is 0.114 e. The van der Waals surface area contributed by atoms with E-state index in [9.17, 15) is 0 Å². The predicted octanol–water partition coefficient (Wildman–Crippen LogP) is 0.586. The maximum atomic E-state index is 8.82. The van der Waals surface area contributed by atoms with Gasteiger partial charge in [-0.1, -0.05) is 0 Å². The summed E-state index contributed by atoms with van der Waals surface area (Å²) >= 11 is 0. The third-order valence-corrected chi connectivity index (χ3v) is 2.68. The lowest BCUT2D eigenvalue weighted by molar-refractivity contribution is 0.0407. The summed E-state index contributed by atoms with van der Waals surface area (Å²) in [5.41, 5.74) is 5.04. The molecule has 0 saturated carbocycles. The molecule has 1 saturated heterocycles. The number of ether oxygens (including phenoxy) is 1. The van der Waals surface area contributed by atoms with Crippen LogP contribution in [0.4, 0.5) is 0 Å². The van der Waals surface area contributed by atoms with Gasteiger partial charge in [0.1, 0.15) is 5.54 Å². The van der Waals surface area contributed by atoms with E-state index in [4.69, 9.17) is 15.7 Å². The Morgan fingerprint density at radius 1 is 1.67 bits per heavy atom. The number of nitriles is 1. The lowest BCUT2D eigenvalue weighted by Gasteiger charge is -2.29. The molecule has 4 heteroatoms. The molecule has 0 aromatic rings. The van der Waals surface area contributed by atoms with Gasteiger partial charge in [-0.05, 0) is 32.7 Å². The molecule has 15 heavy (non-hydrogen) atoms. The fourth-order valence-corrected chi connectivity index (χ4v) is 2.05. The molecule has 2 atom stereocenters.